The number of nitrogens with zero attached hydrogens (tertiary/aromatic N) is 1. The van der Waals surface area contributed by atoms with Gasteiger partial charge in [-0.15, -0.1) is 0 Å². The van der Waals surface area contributed by atoms with Crippen LogP contribution in [0.5, 0.6) is 5.75 Å². The van der Waals surface area contributed by atoms with E-state index in [2.05, 4.69) is 4.98 Å². The molecule has 2 heteroatoms. The highest BCUT2D eigenvalue weighted by molar-refractivity contribution is 5.66. The zero-order chi connectivity index (χ0) is 9.97. The third-order valence-corrected chi connectivity index (χ3v) is 1.95. The highest BCUT2D eigenvalue weighted by Gasteiger charge is 2.03. The summed E-state index contributed by atoms with van der Waals surface area (Å²) < 4.78 is 0. The summed E-state index contributed by atoms with van der Waals surface area (Å²) in [5.41, 5.74) is 1.83. The lowest BCUT2D eigenvalue weighted by atomic mass is 10.1. The van der Waals surface area contributed by atoms with Crippen molar-refractivity contribution in [3.63, 3.8) is 0 Å². The molecule has 0 unspecified atom stereocenters. The maximum atomic E-state index is 9.57. The van der Waals surface area contributed by atoms with Gasteiger partial charge in [0.05, 0.1) is 5.69 Å². The summed E-state index contributed by atoms with van der Waals surface area (Å²) in [7, 11) is 0. The topological polar surface area (TPSA) is 33.1 Å². The zero-order valence-corrected chi connectivity index (χ0v) is 7.51. The molecule has 0 bridgehead atoms. The Kier molecular flexibility index (Phi) is 2.19. The Morgan fingerprint density at radius 2 is 1.79 bits per heavy atom. The fourth-order valence-electron chi connectivity index (χ4n) is 1.29. The van der Waals surface area contributed by atoms with Crippen molar-refractivity contribution in [2.45, 2.75) is 0 Å². The van der Waals surface area contributed by atoms with Crippen molar-refractivity contribution in [3.05, 3.63) is 55.1 Å². The Morgan fingerprint density at radius 3 is 2.50 bits per heavy atom. The van der Waals surface area contributed by atoms with Gasteiger partial charge in [-0.1, -0.05) is 18.2 Å². The van der Waals surface area contributed by atoms with Gasteiger partial charge in [0, 0.05) is 18.2 Å². The molecular weight excluding hydrogens is 174 g/mol. The van der Waals surface area contributed by atoms with Gasteiger partial charge in [-0.05, 0) is 24.3 Å². The summed E-state index contributed by atoms with van der Waals surface area (Å²) in [6, 6.07) is 12.4. The lowest BCUT2D eigenvalue weighted by Crippen LogP contribution is -1.86. The fraction of sp³-hybridized carbons (Fsp3) is 0. The van der Waals surface area contributed by atoms with Crippen LogP contribution in [0.2, 0.25) is 0 Å². The second-order valence-corrected chi connectivity index (χ2v) is 2.96. The summed E-state index contributed by atoms with van der Waals surface area (Å²) in [5, 5.41) is 9.57. The SMILES string of the molecule is [CH]c1cccc(-c2ccccc2O)n1. The highest BCUT2D eigenvalue weighted by Crippen LogP contribution is 2.26. The van der Waals surface area contributed by atoms with Gasteiger partial charge >= 0.3 is 0 Å². The van der Waals surface area contributed by atoms with Crippen LogP contribution in [0.3, 0.4) is 0 Å². The second-order valence-electron chi connectivity index (χ2n) is 2.96. The summed E-state index contributed by atoms with van der Waals surface area (Å²) >= 11 is 0. The van der Waals surface area contributed by atoms with Gasteiger partial charge < -0.3 is 5.11 Å². The number of aromatic hydroxyl groups is 1. The minimum Gasteiger partial charge on any atom is -0.507 e. The second kappa shape index (κ2) is 3.50. The number of phenols is 1. The van der Waals surface area contributed by atoms with Crippen molar-refractivity contribution in [1.29, 1.82) is 0 Å². The molecule has 0 saturated carbocycles. The average molecular weight is 183 g/mol. The quantitative estimate of drug-likeness (QED) is 0.736. The third kappa shape index (κ3) is 1.59. The van der Waals surface area contributed by atoms with Crippen LogP contribution >= 0.6 is 0 Å². The Morgan fingerprint density at radius 1 is 1.00 bits per heavy atom. The molecular formula is C12H9NO. The van der Waals surface area contributed by atoms with Crippen LogP contribution in [-0.2, 0) is 0 Å². The molecule has 68 valence electrons. The van der Waals surface area contributed by atoms with Crippen molar-refractivity contribution in [3.8, 4) is 17.0 Å². The van der Waals surface area contributed by atoms with E-state index in [-0.39, 0.29) is 5.75 Å². The first kappa shape index (κ1) is 8.75. The van der Waals surface area contributed by atoms with E-state index in [1.807, 2.05) is 18.2 Å². The Hall–Kier alpha value is -1.83. The number of hydrogen-bond donors (Lipinski definition) is 1. The number of phenolic OH excluding ortho intramolecular Hbond substituents is 1. The van der Waals surface area contributed by atoms with Crippen LogP contribution in [0.25, 0.3) is 11.3 Å². The smallest absolute Gasteiger partial charge is 0.124 e. The molecule has 1 heterocycles. The molecule has 1 aromatic carbocycles. The number of aromatic nitrogens is 1. The summed E-state index contributed by atoms with van der Waals surface area (Å²) in [6.45, 7) is 5.55. The first-order chi connectivity index (χ1) is 6.77. The summed E-state index contributed by atoms with van der Waals surface area (Å²) in [4.78, 5) is 4.12. The monoisotopic (exact) mass is 183 g/mol. The van der Waals surface area contributed by atoms with Gasteiger partial charge in [0.25, 0.3) is 0 Å². The highest BCUT2D eigenvalue weighted by atomic mass is 16.3. The van der Waals surface area contributed by atoms with Crippen molar-refractivity contribution < 1.29 is 5.11 Å². The molecule has 0 aliphatic heterocycles. The molecule has 14 heavy (non-hydrogen) atoms. The van der Waals surface area contributed by atoms with Gasteiger partial charge in [-0.25, -0.2) is 0 Å². The molecule has 1 N–H and O–H groups in total. The number of hydrogen-bond acceptors (Lipinski definition) is 2. The van der Waals surface area contributed by atoms with E-state index in [0.29, 0.717) is 17.0 Å². The Labute approximate surface area is 82.9 Å². The maximum absolute atomic E-state index is 9.57. The van der Waals surface area contributed by atoms with E-state index in [1.165, 1.54) is 0 Å². The molecule has 0 atom stereocenters. The zero-order valence-electron chi connectivity index (χ0n) is 7.51. The normalized spacial score (nSPS) is 10.1. The molecule has 2 rings (SSSR count). The molecule has 0 spiro atoms. The van der Waals surface area contributed by atoms with E-state index >= 15 is 0 Å². The van der Waals surface area contributed by atoms with E-state index in [9.17, 15) is 5.11 Å². The van der Waals surface area contributed by atoms with Crippen LogP contribution in [0.4, 0.5) is 0 Å². The van der Waals surface area contributed by atoms with Crippen LogP contribution < -0.4 is 0 Å². The van der Waals surface area contributed by atoms with Crippen molar-refractivity contribution in [2.75, 3.05) is 0 Å². The van der Waals surface area contributed by atoms with Crippen LogP contribution in [0.1, 0.15) is 5.69 Å². The van der Waals surface area contributed by atoms with E-state index in [0.717, 1.165) is 0 Å². The first-order valence-corrected chi connectivity index (χ1v) is 4.28. The van der Waals surface area contributed by atoms with E-state index in [4.69, 9.17) is 6.92 Å². The molecule has 0 saturated heterocycles. The van der Waals surface area contributed by atoms with E-state index in [1.54, 1.807) is 24.3 Å². The van der Waals surface area contributed by atoms with Crippen LogP contribution in [0.15, 0.2) is 42.5 Å². The third-order valence-electron chi connectivity index (χ3n) is 1.95. The van der Waals surface area contributed by atoms with Gasteiger partial charge in [-0.2, -0.15) is 0 Å². The number of pyridine rings is 1. The van der Waals surface area contributed by atoms with Crippen LogP contribution in [0, 0.1) is 6.92 Å². The van der Waals surface area contributed by atoms with Gasteiger partial charge in [-0.3, -0.25) is 4.98 Å². The minimum atomic E-state index is 0.214. The first-order valence-electron chi connectivity index (χ1n) is 4.28. The molecule has 0 aliphatic carbocycles. The molecule has 1 aromatic heterocycles. The molecule has 0 amide bonds. The largest absolute Gasteiger partial charge is 0.507 e. The summed E-state index contributed by atoms with van der Waals surface area (Å²) in [5.74, 6) is 0.214. The maximum Gasteiger partial charge on any atom is 0.124 e. The lowest BCUT2D eigenvalue weighted by Gasteiger charge is -2.03. The number of rotatable bonds is 1. The standard InChI is InChI=1S/C12H9NO/c1-9-5-4-7-11(13-9)10-6-2-3-8-12(10)14/h1-8,14H. The Bertz CT molecular complexity index is 452. The van der Waals surface area contributed by atoms with Gasteiger partial charge in [0.1, 0.15) is 5.75 Å². The fourth-order valence-corrected chi connectivity index (χ4v) is 1.29. The van der Waals surface area contributed by atoms with E-state index < -0.39 is 0 Å². The molecule has 0 aliphatic rings. The molecule has 2 nitrogen and oxygen atoms in total. The van der Waals surface area contributed by atoms with Crippen molar-refractivity contribution >= 4 is 0 Å². The number of para-hydroxylation sites is 1. The predicted octanol–water partition coefficient (Wildman–Crippen LogP) is 2.51. The average Bonchev–Trinajstić information content (AvgIpc) is 2.18. The number of benzene rings is 1. The van der Waals surface area contributed by atoms with Crippen molar-refractivity contribution in [1.82, 2.24) is 4.98 Å². The predicted molar refractivity (Wildman–Crippen MR) is 54.7 cm³/mol. The molecule has 0 fully saturated rings. The molecule has 2 aromatic rings. The Balaban J connectivity index is 2.55. The summed E-state index contributed by atoms with van der Waals surface area (Å²) in [6.07, 6.45) is 0. The lowest BCUT2D eigenvalue weighted by molar-refractivity contribution is 0.477. The van der Waals surface area contributed by atoms with Gasteiger partial charge in [0.2, 0.25) is 0 Å². The minimum absolute atomic E-state index is 0.214. The van der Waals surface area contributed by atoms with Gasteiger partial charge in [0.15, 0.2) is 0 Å². The molecule has 2 radical (unpaired) electrons. The van der Waals surface area contributed by atoms with Crippen LogP contribution in [-0.4, -0.2) is 10.1 Å². The van der Waals surface area contributed by atoms with Crippen molar-refractivity contribution in [2.24, 2.45) is 0 Å².